The first-order chi connectivity index (χ1) is 14.6. The molecule has 1 aliphatic rings. The summed E-state index contributed by atoms with van der Waals surface area (Å²) in [6.45, 7) is 2.25. The number of methoxy groups -OCH3 is 2. The van der Waals surface area contributed by atoms with Crippen LogP contribution in [0.1, 0.15) is 18.4 Å². The number of hydrogen-bond acceptors (Lipinski definition) is 5. The topological polar surface area (TPSA) is 79.9 Å². The molecule has 2 aromatic rings. The van der Waals surface area contributed by atoms with Crippen molar-refractivity contribution in [3.8, 4) is 11.5 Å². The molecule has 0 aromatic heterocycles. The standard InChI is InChI=1S/C23H29N3O4/c1-29-19-8-9-21(30-2)20(14-19)25-22(27)16-26-12-10-18(11-13-26)23(28)24-15-17-6-4-3-5-7-17/h3-9,14,18H,10-13,15-16H2,1-2H3,(H,24,28)(H,25,27). The largest absolute Gasteiger partial charge is 0.497 e. The van der Waals surface area contributed by atoms with Gasteiger partial charge in [0.2, 0.25) is 11.8 Å². The van der Waals surface area contributed by atoms with E-state index in [1.54, 1.807) is 32.4 Å². The third kappa shape index (κ3) is 5.97. The van der Waals surface area contributed by atoms with Gasteiger partial charge in [-0.2, -0.15) is 0 Å². The maximum absolute atomic E-state index is 12.5. The van der Waals surface area contributed by atoms with Crippen molar-refractivity contribution >= 4 is 17.5 Å². The lowest BCUT2D eigenvalue weighted by Gasteiger charge is -2.30. The normalized spacial score (nSPS) is 14.7. The fourth-order valence-corrected chi connectivity index (χ4v) is 3.59. The average Bonchev–Trinajstić information content (AvgIpc) is 2.78. The Balaban J connectivity index is 1.44. The van der Waals surface area contributed by atoms with E-state index >= 15 is 0 Å². The summed E-state index contributed by atoms with van der Waals surface area (Å²) >= 11 is 0. The van der Waals surface area contributed by atoms with E-state index in [4.69, 9.17) is 9.47 Å². The first-order valence-corrected chi connectivity index (χ1v) is 10.1. The van der Waals surface area contributed by atoms with Crippen LogP contribution in [0.15, 0.2) is 48.5 Å². The van der Waals surface area contributed by atoms with Crippen LogP contribution in [-0.4, -0.2) is 50.6 Å². The number of nitrogens with one attached hydrogen (secondary N) is 2. The van der Waals surface area contributed by atoms with Crippen LogP contribution in [0.2, 0.25) is 0 Å². The Labute approximate surface area is 177 Å². The summed E-state index contributed by atoms with van der Waals surface area (Å²) in [5.74, 6) is 1.19. The Bertz CT molecular complexity index is 849. The number of amides is 2. The van der Waals surface area contributed by atoms with E-state index in [0.717, 1.165) is 18.4 Å². The average molecular weight is 412 g/mol. The zero-order valence-electron chi connectivity index (χ0n) is 17.5. The van der Waals surface area contributed by atoms with E-state index in [1.165, 1.54) is 0 Å². The predicted molar refractivity (Wildman–Crippen MR) is 116 cm³/mol. The molecule has 0 atom stereocenters. The number of anilines is 1. The van der Waals surface area contributed by atoms with Gasteiger partial charge in [-0.3, -0.25) is 14.5 Å². The SMILES string of the molecule is COc1ccc(OC)c(NC(=O)CN2CCC(C(=O)NCc3ccccc3)CC2)c1. The summed E-state index contributed by atoms with van der Waals surface area (Å²) in [7, 11) is 3.14. The molecule has 0 bridgehead atoms. The van der Waals surface area contributed by atoms with E-state index < -0.39 is 0 Å². The van der Waals surface area contributed by atoms with Gasteiger partial charge in [0.1, 0.15) is 11.5 Å². The Kier molecular flexibility index (Phi) is 7.68. The van der Waals surface area contributed by atoms with Crippen molar-refractivity contribution in [2.24, 2.45) is 5.92 Å². The smallest absolute Gasteiger partial charge is 0.238 e. The van der Waals surface area contributed by atoms with Crippen LogP contribution in [0.5, 0.6) is 11.5 Å². The second-order valence-electron chi connectivity index (χ2n) is 7.37. The minimum absolute atomic E-state index is 0.00787. The number of carbonyl (C=O) groups is 2. The van der Waals surface area contributed by atoms with Crippen molar-refractivity contribution in [3.05, 3.63) is 54.1 Å². The van der Waals surface area contributed by atoms with Crippen LogP contribution in [-0.2, 0) is 16.1 Å². The number of nitrogens with zero attached hydrogens (tertiary/aromatic N) is 1. The molecule has 7 heteroatoms. The minimum Gasteiger partial charge on any atom is -0.497 e. The lowest BCUT2D eigenvalue weighted by molar-refractivity contribution is -0.126. The van der Waals surface area contributed by atoms with Crippen molar-refractivity contribution in [3.63, 3.8) is 0 Å². The molecule has 30 heavy (non-hydrogen) atoms. The number of benzene rings is 2. The Morgan fingerprint density at radius 3 is 2.43 bits per heavy atom. The van der Waals surface area contributed by atoms with Crippen LogP contribution in [0.4, 0.5) is 5.69 Å². The molecule has 0 spiro atoms. The maximum atomic E-state index is 12.5. The van der Waals surface area contributed by atoms with Crippen molar-refractivity contribution < 1.29 is 19.1 Å². The number of hydrogen-bond donors (Lipinski definition) is 2. The summed E-state index contributed by atoms with van der Waals surface area (Å²) < 4.78 is 10.5. The molecule has 1 saturated heterocycles. The molecular weight excluding hydrogens is 382 g/mol. The third-order valence-corrected chi connectivity index (χ3v) is 5.32. The van der Waals surface area contributed by atoms with E-state index in [-0.39, 0.29) is 24.3 Å². The first-order valence-electron chi connectivity index (χ1n) is 10.1. The Morgan fingerprint density at radius 1 is 1.03 bits per heavy atom. The predicted octanol–water partition coefficient (Wildman–Crippen LogP) is 2.67. The number of carbonyl (C=O) groups excluding carboxylic acids is 2. The van der Waals surface area contributed by atoms with Gasteiger partial charge in [-0.25, -0.2) is 0 Å². The highest BCUT2D eigenvalue weighted by Crippen LogP contribution is 2.29. The van der Waals surface area contributed by atoms with Crippen LogP contribution in [0.3, 0.4) is 0 Å². The van der Waals surface area contributed by atoms with Gasteiger partial charge in [0.25, 0.3) is 0 Å². The summed E-state index contributed by atoms with van der Waals surface area (Å²) in [6, 6.07) is 15.2. The Hall–Kier alpha value is -3.06. The van der Waals surface area contributed by atoms with Gasteiger partial charge >= 0.3 is 0 Å². The first kappa shape index (κ1) is 21.6. The fraction of sp³-hybridized carbons (Fsp3) is 0.391. The highest BCUT2D eigenvalue weighted by Gasteiger charge is 2.26. The highest BCUT2D eigenvalue weighted by atomic mass is 16.5. The molecule has 0 unspecified atom stereocenters. The van der Waals surface area contributed by atoms with Gasteiger partial charge in [-0.1, -0.05) is 30.3 Å². The molecule has 2 N–H and O–H groups in total. The van der Waals surface area contributed by atoms with E-state index in [9.17, 15) is 9.59 Å². The second kappa shape index (κ2) is 10.6. The number of piperidine rings is 1. The van der Waals surface area contributed by atoms with Gasteiger partial charge in [0, 0.05) is 18.5 Å². The number of rotatable bonds is 8. The molecule has 7 nitrogen and oxygen atoms in total. The number of ether oxygens (including phenoxy) is 2. The van der Waals surface area contributed by atoms with Crippen LogP contribution in [0, 0.1) is 5.92 Å². The molecule has 0 saturated carbocycles. The fourth-order valence-electron chi connectivity index (χ4n) is 3.59. The third-order valence-electron chi connectivity index (χ3n) is 5.32. The molecule has 160 valence electrons. The quantitative estimate of drug-likeness (QED) is 0.698. The van der Waals surface area contributed by atoms with E-state index in [0.29, 0.717) is 36.8 Å². The van der Waals surface area contributed by atoms with Gasteiger partial charge in [0.05, 0.1) is 26.5 Å². The molecular formula is C23H29N3O4. The zero-order chi connectivity index (χ0) is 21.3. The molecule has 1 aliphatic heterocycles. The Morgan fingerprint density at radius 2 is 1.77 bits per heavy atom. The molecule has 0 aliphatic carbocycles. The van der Waals surface area contributed by atoms with E-state index in [1.807, 2.05) is 30.3 Å². The molecule has 2 amide bonds. The van der Waals surface area contributed by atoms with Crippen LogP contribution >= 0.6 is 0 Å². The van der Waals surface area contributed by atoms with Gasteiger partial charge in [-0.15, -0.1) is 0 Å². The highest BCUT2D eigenvalue weighted by molar-refractivity contribution is 5.94. The van der Waals surface area contributed by atoms with Crippen LogP contribution < -0.4 is 20.1 Å². The molecule has 3 rings (SSSR count). The maximum Gasteiger partial charge on any atom is 0.238 e. The van der Waals surface area contributed by atoms with Gasteiger partial charge in [0.15, 0.2) is 0 Å². The lowest BCUT2D eigenvalue weighted by Crippen LogP contribution is -2.43. The summed E-state index contributed by atoms with van der Waals surface area (Å²) in [5.41, 5.74) is 1.67. The second-order valence-corrected chi connectivity index (χ2v) is 7.37. The molecule has 1 fully saturated rings. The van der Waals surface area contributed by atoms with Gasteiger partial charge in [-0.05, 0) is 43.6 Å². The van der Waals surface area contributed by atoms with Crippen molar-refractivity contribution in [2.75, 3.05) is 39.2 Å². The van der Waals surface area contributed by atoms with E-state index in [2.05, 4.69) is 15.5 Å². The summed E-state index contributed by atoms with van der Waals surface area (Å²) in [5, 5.41) is 5.91. The van der Waals surface area contributed by atoms with Crippen molar-refractivity contribution in [2.45, 2.75) is 19.4 Å². The van der Waals surface area contributed by atoms with Crippen molar-refractivity contribution in [1.82, 2.24) is 10.2 Å². The molecule has 0 radical (unpaired) electrons. The summed E-state index contributed by atoms with van der Waals surface area (Å²) in [4.78, 5) is 27.0. The minimum atomic E-state index is -0.117. The molecule has 1 heterocycles. The monoisotopic (exact) mass is 411 g/mol. The summed E-state index contributed by atoms with van der Waals surface area (Å²) in [6.07, 6.45) is 1.49. The molecule has 2 aromatic carbocycles. The lowest BCUT2D eigenvalue weighted by atomic mass is 9.96. The number of likely N-dealkylation sites (tertiary alicyclic amines) is 1. The van der Waals surface area contributed by atoms with Crippen molar-refractivity contribution in [1.29, 1.82) is 0 Å². The van der Waals surface area contributed by atoms with Gasteiger partial charge < -0.3 is 20.1 Å². The van der Waals surface area contributed by atoms with Crippen LogP contribution in [0.25, 0.3) is 0 Å². The zero-order valence-corrected chi connectivity index (χ0v) is 17.5.